The lowest BCUT2D eigenvalue weighted by Gasteiger charge is -2.19. The quantitative estimate of drug-likeness (QED) is 0.876. The second-order valence-corrected chi connectivity index (χ2v) is 5.38. The Labute approximate surface area is 116 Å². The van der Waals surface area contributed by atoms with Crippen LogP contribution in [0.15, 0.2) is 21.3 Å². The molecule has 2 rings (SSSR count). The van der Waals surface area contributed by atoms with Crippen LogP contribution in [0.3, 0.4) is 0 Å². The fourth-order valence-corrected chi connectivity index (χ4v) is 2.20. The van der Waals surface area contributed by atoms with Crippen LogP contribution in [0.1, 0.15) is 45.3 Å². The van der Waals surface area contributed by atoms with Crippen molar-refractivity contribution in [2.75, 3.05) is 0 Å². The molecule has 0 unspecified atom stereocenters. The van der Waals surface area contributed by atoms with Crippen molar-refractivity contribution < 1.29 is 4.42 Å². The highest BCUT2D eigenvalue weighted by molar-refractivity contribution is 7.71. The Morgan fingerprint density at radius 3 is 2.47 bits per heavy atom. The van der Waals surface area contributed by atoms with E-state index in [0.29, 0.717) is 5.56 Å². The minimum absolute atomic E-state index is 0.0757. The number of rotatable bonds is 3. The summed E-state index contributed by atoms with van der Waals surface area (Å²) < 4.78 is 6.99. The second-order valence-electron chi connectivity index (χ2n) is 5.01. The first kappa shape index (κ1) is 13.7. The molecule has 2 heterocycles. The predicted molar refractivity (Wildman–Crippen MR) is 75.9 cm³/mol. The van der Waals surface area contributed by atoms with Gasteiger partial charge < -0.3 is 8.98 Å². The molecule has 19 heavy (non-hydrogen) atoms. The van der Waals surface area contributed by atoms with Crippen molar-refractivity contribution in [3.8, 4) is 11.5 Å². The van der Waals surface area contributed by atoms with E-state index in [-0.39, 0.29) is 28.2 Å². The summed E-state index contributed by atoms with van der Waals surface area (Å²) in [5.74, 6) is 0.509. The van der Waals surface area contributed by atoms with E-state index in [1.165, 1.54) is 0 Å². The molecule has 0 saturated heterocycles. The zero-order valence-corrected chi connectivity index (χ0v) is 12.2. The molecule has 0 saturated carbocycles. The standard InChI is InChI=1S/C13H17N3O2S/c1-7(2)10-6-5-9(11-14-15-13(19)18-11)12(17)16(10)8(3)4/h5-8H,1-4H3,(H,15,19). The van der Waals surface area contributed by atoms with Gasteiger partial charge in [-0.3, -0.25) is 4.79 Å². The predicted octanol–water partition coefficient (Wildman–Crippen LogP) is 3.27. The van der Waals surface area contributed by atoms with E-state index < -0.39 is 0 Å². The van der Waals surface area contributed by atoms with Gasteiger partial charge in [-0.25, -0.2) is 5.10 Å². The van der Waals surface area contributed by atoms with Gasteiger partial charge in [-0.2, -0.15) is 0 Å². The minimum atomic E-state index is -0.105. The fraction of sp³-hybridized carbons (Fsp3) is 0.462. The first-order valence-corrected chi connectivity index (χ1v) is 6.64. The van der Waals surface area contributed by atoms with Crippen LogP contribution in [0.2, 0.25) is 0 Å². The van der Waals surface area contributed by atoms with Crippen LogP contribution in [0, 0.1) is 4.84 Å². The van der Waals surface area contributed by atoms with Gasteiger partial charge in [-0.15, -0.1) is 5.10 Å². The summed E-state index contributed by atoms with van der Waals surface area (Å²) in [4.78, 5) is 12.7. The Bertz CT molecular complexity index is 694. The minimum Gasteiger partial charge on any atom is -0.409 e. The van der Waals surface area contributed by atoms with Gasteiger partial charge in [-0.05, 0) is 44.1 Å². The molecule has 2 aromatic heterocycles. The number of hydrogen-bond donors (Lipinski definition) is 1. The van der Waals surface area contributed by atoms with Crippen LogP contribution in [0.4, 0.5) is 0 Å². The number of H-pyrrole nitrogens is 1. The molecule has 2 aromatic rings. The van der Waals surface area contributed by atoms with E-state index in [0.717, 1.165) is 5.69 Å². The van der Waals surface area contributed by atoms with E-state index in [1.54, 1.807) is 10.6 Å². The molecule has 102 valence electrons. The van der Waals surface area contributed by atoms with Gasteiger partial charge in [0, 0.05) is 11.7 Å². The number of pyridine rings is 1. The smallest absolute Gasteiger partial charge is 0.284 e. The van der Waals surface area contributed by atoms with Gasteiger partial charge >= 0.3 is 0 Å². The highest BCUT2D eigenvalue weighted by Crippen LogP contribution is 2.20. The van der Waals surface area contributed by atoms with Crippen LogP contribution in [-0.4, -0.2) is 14.8 Å². The van der Waals surface area contributed by atoms with Crippen LogP contribution in [0.25, 0.3) is 11.5 Å². The van der Waals surface area contributed by atoms with Crippen molar-refractivity contribution >= 4 is 12.2 Å². The van der Waals surface area contributed by atoms with E-state index in [9.17, 15) is 4.79 Å². The van der Waals surface area contributed by atoms with Gasteiger partial charge in [0.05, 0.1) is 0 Å². The lowest BCUT2D eigenvalue weighted by atomic mass is 10.1. The Hall–Kier alpha value is -1.69. The average Bonchev–Trinajstić information content (AvgIpc) is 2.74. The molecular weight excluding hydrogens is 262 g/mol. The molecule has 0 atom stereocenters. The van der Waals surface area contributed by atoms with Gasteiger partial charge in [0.2, 0.25) is 0 Å². The van der Waals surface area contributed by atoms with Gasteiger partial charge in [0.1, 0.15) is 5.56 Å². The summed E-state index contributed by atoms with van der Waals surface area (Å²) in [5, 5.41) is 6.44. The van der Waals surface area contributed by atoms with Crippen LogP contribution < -0.4 is 5.56 Å². The van der Waals surface area contributed by atoms with Crippen LogP contribution >= 0.6 is 12.2 Å². The van der Waals surface area contributed by atoms with E-state index in [2.05, 4.69) is 24.0 Å². The maximum atomic E-state index is 12.6. The topological polar surface area (TPSA) is 63.8 Å². The summed E-state index contributed by atoms with van der Waals surface area (Å²) >= 11 is 4.83. The zero-order chi connectivity index (χ0) is 14.2. The monoisotopic (exact) mass is 279 g/mol. The van der Waals surface area contributed by atoms with Crippen LogP contribution in [0.5, 0.6) is 0 Å². The first-order chi connectivity index (χ1) is 8.91. The van der Waals surface area contributed by atoms with Crippen molar-refractivity contribution in [2.24, 2.45) is 0 Å². The second kappa shape index (κ2) is 5.13. The van der Waals surface area contributed by atoms with Crippen LogP contribution in [-0.2, 0) is 0 Å². The molecule has 5 nitrogen and oxygen atoms in total. The third kappa shape index (κ3) is 2.53. The highest BCUT2D eigenvalue weighted by atomic mass is 32.1. The Kier molecular flexibility index (Phi) is 3.71. The molecule has 0 amide bonds. The maximum Gasteiger partial charge on any atom is 0.284 e. The number of aromatic nitrogens is 3. The Balaban J connectivity index is 2.70. The lowest BCUT2D eigenvalue weighted by Crippen LogP contribution is -2.27. The third-order valence-corrected chi connectivity index (χ3v) is 3.10. The molecule has 6 heteroatoms. The molecule has 0 aliphatic heterocycles. The third-order valence-electron chi connectivity index (χ3n) is 2.92. The van der Waals surface area contributed by atoms with Crippen molar-refractivity contribution in [2.45, 2.75) is 39.7 Å². The summed E-state index contributed by atoms with van der Waals surface area (Å²) in [6.45, 7) is 8.09. The van der Waals surface area contributed by atoms with E-state index in [4.69, 9.17) is 16.6 Å². The lowest BCUT2D eigenvalue weighted by molar-refractivity contribution is 0.526. The fourth-order valence-electron chi connectivity index (χ4n) is 2.08. The molecule has 1 N–H and O–H groups in total. The maximum absolute atomic E-state index is 12.6. The van der Waals surface area contributed by atoms with Gasteiger partial charge in [0.15, 0.2) is 0 Å². The first-order valence-electron chi connectivity index (χ1n) is 6.23. The summed E-state index contributed by atoms with van der Waals surface area (Å²) in [6, 6.07) is 3.76. The van der Waals surface area contributed by atoms with E-state index in [1.807, 2.05) is 19.9 Å². The SMILES string of the molecule is CC(C)c1ccc(-c2n[nH]c(=S)o2)c(=O)n1C(C)C. The summed E-state index contributed by atoms with van der Waals surface area (Å²) in [5.41, 5.74) is 1.31. The van der Waals surface area contributed by atoms with E-state index >= 15 is 0 Å². The number of hydrogen-bond acceptors (Lipinski definition) is 4. The Morgan fingerprint density at radius 1 is 1.32 bits per heavy atom. The Morgan fingerprint density at radius 2 is 2.00 bits per heavy atom. The molecule has 0 bridgehead atoms. The largest absolute Gasteiger partial charge is 0.409 e. The molecule has 0 spiro atoms. The van der Waals surface area contributed by atoms with Gasteiger partial charge in [0.25, 0.3) is 16.3 Å². The molecule has 0 aliphatic carbocycles. The van der Waals surface area contributed by atoms with Crippen molar-refractivity contribution in [3.05, 3.63) is 33.0 Å². The molecule has 0 radical (unpaired) electrons. The number of nitrogens with one attached hydrogen (secondary N) is 1. The van der Waals surface area contributed by atoms with Crippen molar-refractivity contribution in [1.82, 2.24) is 14.8 Å². The molecular formula is C13H17N3O2S. The zero-order valence-electron chi connectivity index (χ0n) is 11.4. The number of nitrogens with zero attached hydrogens (tertiary/aromatic N) is 2. The average molecular weight is 279 g/mol. The van der Waals surface area contributed by atoms with Gasteiger partial charge in [-0.1, -0.05) is 13.8 Å². The molecule has 0 fully saturated rings. The number of aromatic amines is 1. The molecule has 0 aliphatic rings. The van der Waals surface area contributed by atoms with Crippen molar-refractivity contribution in [3.63, 3.8) is 0 Å². The summed E-state index contributed by atoms with van der Waals surface area (Å²) in [6.07, 6.45) is 0. The normalized spacial score (nSPS) is 11.5. The summed E-state index contributed by atoms with van der Waals surface area (Å²) in [7, 11) is 0. The molecule has 0 aromatic carbocycles. The highest BCUT2D eigenvalue weighted by Gasteiger charge is 2.17. The van der Waals surface area contributed by atoms with Crippen molar-refractivity contribution in [1.29, 1.82) is 0 Å².